The molecule has 0 radical (unpaired) electrons. The Labute approximate surface area is 79.6 Å². The molecule has 0 heterocycles. The van der Waals surface area contributed by atoms with E-state index in [0.717, 1.165) is 0 Å². The minimum Gasteiger partial charge on any atom is -0.440 e. The number of alkyl halides is 3. The lowest BCUT2D eigenvalue weighted by atomic mass is 10.4. The van der Waals surface area contributed by atoms with Crippen LogP contribution in [0.3, 0.4) is 0 Å². The maximum atomic E-state index is 11.5. The van der Waals surface area contributed by atoms with E-state index in [2.05, 4.69) is 21.9 Å². The highest BCUT2D eigenvalue weighted by Crippen LogP contribution is 2.14. The Balaban J connectivity index is 3.50. The molecule has 0 atom stereocenters. The normalized spacial score (nSPS) is 10.0. The fourth-order valence-electron chi connectivity index (χ4n) is 0.550. The SMILES string of the molecule is CC#CCCNC(=O)OCC(F)(F)F. The van der Waals surface area contributed by atoms with Crippen LogP contribution in [0.4, 0.5) is 18.0 Å². The number of rotatable bonds is 3. The lowest BCUT2D eigenvalue weighted by molar-refractivity contribution is -0.160. The lowest BCUT2D eigenvalue weighted by Gasteiger charge is -2.07. The molecule has 0 aliphatic carbocycles. The molecule has 0 saturated carbocycles. The average molecular weight is 209 g/mol. The van der Waals surface area contributed by atoms with E-state index in [0.29, 0.717) is 6.42 Å². The fourth-order valence-corrected chi connectivity index (χ4v) is 0.550. The number of alkyl carbamates (subject to hydrolysis) is 1. The van der Waals surface area contributed by atoms with Crippen LogP contribution >= 0.6 is 0 Å². The Hall–Kier alpha value is -1.38. The van der Waals surface area contributed by atoms with Gasteiger partial charge in [0.1, 0.15) is 0 Å². The quantitative estimate of drug-likeness (QED) is 0.567. The first-order valence-corrected chi connectivity index (χ1v) is 3.82. The highest BCUT2D eigenvalue weighted by Gasteiger charge is 2.29. The van der Waals surface area contributed by atoms with Gasteiger partial charge in [0.15, 0.2) is 6.61 Å². The molecule has 0 rings (SSSR count). The predicted molar refractivity (Wildman–Crippen MR) is 43.5 cm³/mol. The largest absolute Gasteiger partial charge is 0.440 e. The van der Waals surface area contributed by atoms with E-state index in [-0.39, 0.29) is 6.54 Å². The second-order valence-electron chi connectivity index (χ2n) is 2.29. The third kappa shape index (κ3) is 8.71. The number of hydrogen-bond acceptors (Lipinski definition) is 2. The summed E-state index contributed by atoms with van der Waals surface area (Å²) in [6.45, 7) is 0.234. The summed E-state index contributed by atoms with van der Waals surface area (Å²) in [5.74, 6) is 5.21. The molecule has 0 spiro atoms. The van der Waals surface area contributed by atoms with Crippen LogP contribution in [0, 0.1) is 11.8 Å². The average Bonchev–Trinajstić information content (AvgIpc) is 2.08. The van der Waals surface area contributed by atoms with Gasteiger partial charge >= 0.3 is 12.3 Å². The highest BCUT2D eigenvalue weighted by molar-refractivity contribution is 5.67. The smallest absolute Gasteiger partial charge is 0.422 e. The third-order valence-corrected chi connectivity index (χ3v) is 1.06. The van der Waals surface area contributed by atoms with E-state index in [4.69, 9.17) is 0 Å². The molecule has 0 saturated heterocycles. The molecule has 1 amide bonds. The molecule has 14 heavy (non-hydrogen) atoms. The van der Waals surface area contributed by atoms with Crippen molar-refractivity contribution in [1.82, 2.24) is 5.32 Å². The summed E-state index contributed by atoms with van der Waals surface area (Å²) in [6.07, 6.45) is -5.18. The van der Waals surface area contributed by atoms with Gasteiger partial charge in [-0.05, 0) is 6.92 Å². The molecular weight excluding hydrogens is 199 g/mol. The van der Waals surface area contributed by atoms with Crippen molar-refractivity contribution in [3.8, 4) is 11.8 Å². The standard InChI is InChI=1S/C8H10F3NO2/c1-2-3-4-5-12-7(13)14-6-8(9,10)11/h4-6H2,1H3,(H,12,13). The van der Waals surface area contributed by atoms with Crippen molar-refractivity contribution in [3.05, 3.63) is 0 Å². The fraction of sp³-hybridized carbons (Fsp3) is 0.625. The number of carbonyl (C=O) groups excluding carboxylic acids is 1. The topological polar surface area (TPSA) is 38.3 Å². The number of hydrogen-bond donors (Lipinski definition) is 1. The molecule has 1 N–H and O–H groups in total. The van der Waals surface area contributed by atoms with Crippen molar-refractivity contribution in [1.29, 1.82) is 0 Å². The van der Waals surface area contributed by atoms with E-state index in [9.17, 15) is 18.0 Å². The van der Waals surface area contributed by atoms with Gasteiger partial charge in [-0.15, -0.1) is 11.8 Å². The lowest BCUT2D eigenvalue weighted by Crippen LogP contribution is -2.29. The van der Waals surface area contributed by atoms with Crippen LogP contribution in [0.2, 0.25) is 0 Å². The van der Waals surface area contributed by atoms with Gasteiger partial charge in [-0.25, -0.2) is 4.79 Å². The predicted octanol–water partition coefficient (Wildman–Crippen LogP) is 1.69. The summed E-state index contributed by atoms with van der Waals surface area (Å²) >= 11 is 0. The third-order valence-electron chi connectivity index (χ3n) is 1.06. The molecule has 0 aromatic heterocycles. The van der Waals surface area contributed by atoms with Crippen LogP contribution in [0.1, 0.15) is 13.3 Å². The van der Waals surface area contributed by atoms with Gasteiger partial charge in [-0.3, -0.25) is 0 Å². The van der Waals surface area contributed by atoms with Crippen LogP contribution in [0.5, 0.6) is 0 Å². The van der Waals surface area contributed by atoms with Crippen LogP contribution < -0.4 is 5.32 Å². The summed E-state index contributed by atoms with van der Waals surface area (Å²) < 4.78 is 38.5. The Morgan fingerprint density at radius 1 is 1.50 bits per heavy atom. The second kappa shape index (κ2) is 6.13. The Morgan fingerprint density at radius 2 is 2.14 bits per heavy atom. The van der Waals surface area contributed by atoms with Gasteiger partial charge in [0.2, 0.25) is 0 Å². The molecule has 0 aliphatic heterocycles. The minimum atomic E-state index is -4.49. The zero-order chi connectivity index (χ0) is 11.0. The number of nitrogens with one attached hydrogen (secondary N) is 1. The monoisotopic (exact) mass is 209 g/mol. The van der Waals surface area contributed by atoms with Gasteiger partial charge in [0.25, 0.3) is 0 Å². The van der Waals surface area contributed by atoms with Crippen molar-refractivity contribution in [2.75, 3.05) is 13.2 Å². The number of amides is 1. The zero-order valence-electron chi connectivity index (χ0n) is 7.57. The number of carbonyl (C=O) groups is 1. The molecule has 0 bridgehead atoms. The van der Waals surface area contributed by atoms with Crippen LogP contribution in [-0.4, -0.2) is 25.4 Å². The van der Waals surface area contributed by atoms with Gasteiger partial charge in [0, 0.05) is 13.0 Å². The maximum absolute atomic E-state index is 11.5. The molecular formula is C8H10F3NO2. The Bertz CT molecular complexity index is 239. The molecule has 0 aromatic rings. The summed E-state index contributed by atoms with van der Waals surface area (Å²) in [5.41, 5.74) is 0. The summed E-state index contributed by atoms with van der Waals surface area (Å²) in [7, 11) is 0. The van der Waals surface area contributed by atoms with E-state index in [1.165, 1.54) is 0 Å². The Kier molecular flexibility index (Phi) is 5.53. The van der Waals surface area contributed by atoms with Crippen LogP contribution in [-0.2, 0) is 4.74 Å². The summed E-state index contributed by atoms with van der Waals surface area (Å²) in [6, 6.07) is 0. The van der Waals surface area contributed by atoms with E-state index < -0.39 is 18.9 Å². The molecule has 0 fully saturated rings. The van der Waals surface area contributed by atoms with E-state index in [1.807, 2.05) is 0 Å². The van der Waals surface area contributed by atoms with Crippen molar-refractivity contribution in [2.24, 2.45) is 0 Å². The van der Waals surface area contributed by atoms with E-state index >= 15 is 0 Å². The van der Waals surface area contributed by atoms with Crippen molar-refractivity contribution >= 4 is 6.09 Å². The Morgan fingerprint density at radius 3 is 2.64 bits per heavy atom. The van der Waals surface area contributed by atoms with Crippen LogP contribution in [0.25, 0.3) is 0 Å². The molecule has 6 heteroatoms. The summed E-state index contributed by atoms with van der Waals surface area (Å²) in [4.78, 5) is 10.6. The van der Waals surface area contributed by atoms with Gasteiger partial charge in [-0.1, -0.05) is 0 Å². The molecule has 0 unspecified atom stereocenters. The molecule has 80 valence electrons. The minimum absolute atomic E-state index is 0.178. The zero-order valence-corrected chi connectivity index (χ0v) is 7.57. The van der Waals surface area contributed by atoms with Crippen LogP contribution in [0.15, 0.2) is 0 Å². The first kappa shape index (κ1) is 12.6. The van der Waals surface area contributed by atoms with Gasteiger partial charge in [0.05, 0.1) is 0 Å². The number of halogens is 3. The first-order chi connectivity index (χ1) is 6.45. The maximum Gasteiger partial charge on any atom is 0.422 e. The van der Waals surface area contributed by atoms with Crippen molar-refractivity contribution in [2.45, 2.75) is 19.5 Å². The van der Waals surface area contributed by atoms with E-state index in [1.54, 1.807) is 6.92 Å². The van der Waals surface area contributed by atoms with Crippen molar-refractivity contribution < 1.29 is 22.7 Å². The summed E-state index contributed by atoms with van der Waals surface area (Å²) in [5, 5.41) is 2.13. The second-order valence-corrected chi connectivity index (χ2v) is 2.29. The molecule has 0 aromatic carbocycles. The van der Waals surface area contributed by atoms with Gasteiger partial charge < -0.3 is 10.1 Å². The highest BCUT2D eigenvalue weighted by atomic mass is 19.4. The molecule has 3 nitrogen and oxygen atoms in total. The number of ether oxygens (including phenoxy) is 1. The van der Waals surface area contributed by atoms with Crippen molar-refractivity contribution in [3.63, 3.8) is 0 Å². The van der Waals surface area contributed by atoms with Gasteiger partial charge in [-0.2, -0.15) is 13.2 Å². The first-order valence-electron chi connectivity index (χ1n) is 3.82. The molecule has 0 aliphatic rings.